The van der Waals surface area contributed by atoms with E-state index in [9.17, 15) is 0 Å². The molecule has 0 spiro atoms. The van der Waals surface area contributed by atoms with Gasteiger partial charge in [-0.1, -0.05) is 41.9 Å². The molecule has 2 rings (SSSR count). The number of aromatic nitrogens is 3. The van der Waals surface area contributed by atoms with E-state index in [1.54, 1.807) is 6.33 Å². The summed E-state index contributed by atoms with van der Waals surface area (Å²) in [7, 11) is 0. The fourth-order valence-electron chi connectivity index (χ4n) is 2.24. The fourth-order valence-corrected chi connectivity index (χ4v) is 2.50. The van der Waals surface area contributed by atoms with Gasteiger partial charge >= 0.3 is 0 Å². The summed E-state index contributed by atoms with van der Waals surface area (Å²) < 4.78 is 3.08. The summed E-state index contributed by atoms with van der Waals surface area (Å²) in [6, 6.07) is 8.34. The van der Waals surface area contributed by atoms with Crippen molar-refractivity contribution in [2.24, 2.45) is 11.7 Å². The first-order valence-electron chi connectivity index (χ1n) is 6.92. The molecule has 108 valence electrons. The van der Waals surface area contributed by atoms with Gasteiger partial charge in [0.25, 0.3) is 0 Å². The van der Waals surface area contributed by atoms with Crippen molar-refractivity contribution in [1.82, 2.24) is 14.8 Å². The number of benzene rings is 1. The van der Waals surface area contributed by atoms with Crippen molar-refractivity contribution in [2.45, 2.75) is 32.7 Å². The van der Waals surface area contributed by atoms with Crippen molar-refractivity contribution in [3.8, 4) is 0 Å². The van der Waals surface area contributed by atoms with Crippen LogP contribution in [0.5, 0.6) is 0 Å². The second-order valence-electron chi connectivity index (χ2n) is 5.44. The Morgan fingerprint density at radius 3 is 2.55 bits per heavy atom. The largest absolute Gasteiger partial charge is 0.330 e. The summed E-state index contributed by atoms with van der Waals surface area (Å²) in [4.78, 5) is 4.39. The number of rotatable bonds is 6. The molecule has 0 saturated heterocycles. The average molecular weight is 337 g/mol. The lowest BCUT2D eigenvalue weighted by molar-refractivity contribution is 0.459. The van der Waals surface area contributed by atoms with E-state index in [4.69, 9.17) is 5.73 Å². The van der Waals surface area contributed by atoms with Gasteiger partial charge in [0.1, 0.15) is 12.2 Å². The third kappa shape index (κ3) is 3.90. The molecule has 0 amide bonds. The van der Waals surface area contributed by atoms with Crippen LogP contribution in [-0.2, 0) is 13.0 Å². The molecule has 2 aromatic rings. The number of nitrogens with zero attached hydrogens (tertiary/aromatic N) is 3. The van der Waals surface area contributed by atoms with Gasteiger partial charge in [-0.2, -0.15) is 5.10 Å². The highest BCUT2D eigenvalue weighted by molar-refractivity contribution is 9.10. The Labute approximate surface area is 128 Å². The van der Waals surface area contributed by atoms with Crippen LogP contribution in [0, 0.1) is 5.92 Å². The van der Waals surface area contributed by atoms with Crippen LogP contribution in [0.1, 0.15) is 31.2 Å². The summed E-state index contributed by atoms with van der Waals surface area (Å²) >= 11 is 3.46. The van der Waals surface area contributed by atoms with Gasteiger partial charge in [0.15, 0.2) is 0 Å². The van der Waals surface area contributed by atoms with Crippen LogP contribution in [0.25, 0.3) is 0 Å². The first-order valence-corrected chi connectivity index (χ1v) is 7.71. The monoisotopic (exact) mass is 336 g/mol. The number of halogens is 1. The molecular weight excluding hydrogens is 316 g/mol. The Hall–Kier alpha value is -1.20. The quantitative estimate of drug-likeness (QED) is 0.882. The second-order valence-corrected chi connectivity index (χ2v) is 6.36. The van der Waals surface area contributed by atoms with Crippen molar-refractivity contribution in [2.75, 3.05) is 6.54 Å². The van der Waals surface area contributed by atoms with E-state index in [1.165, 1.54) is 5.56 Å². The van der Waals surface area contributed by atoms with Crippen molar-refractivity contribution in [1.29, 1.82) is 0 Å². The fraction of sp³-hybridized carbons (Fsp3) is 0.467. The van der Waals surface area contributed by atoms with Gasteiger partial charge in [0, 0.05) is 23.4 Å². The zero-order chi connectivity index (χ0) is 14.5. The van der Waals surface area contributed by atoms with E-state index in [0.29, 0.717) is 12.5 Å². The highest BCUT2D eigenvalue weighted by Crippen LogP contribution is 2.21. The SMILES string of the molecule is CC(C)Cn1ncnc1CC(CN)c1ccc(Br)cc1. The maximum Gasteiger partial charge on any atom is 0.138 e. The summed E-state index contributed by atoms with van der Waals surface area (Å²) in [5.74, 6) is 1.84. The molecule has 5 heteroatoms. The Balaban J connectivity index is 2.14. The van der Waals surface area contributed by atoms with Crippen molar-refractivity contribution in [3.63, 3.8) is 0 Å². The molecule has 4 nitrogen and oxygen atoms in total. The molecule has 2 N–H and O–H groups in total. The summed E-state index contributed by atoms with van der Waals surface area (Å²) in [6.45, 7) is 5.87. The predicted octanol–water partition coefficient (Wildman–Crippen LogP) is 2.98. The van der Waals surface area contributed by atoms with Crippen LogP contribution >= 0.6 is 15.9 Å². The minimum atomic E-state index is 0.276. The second kappa shape index (κ2) is 6.99. The van der Waals surface area contributed by atoms with Crippen LogP contribution in [0.3, 0.4) is 0 Å². The zero-order valence-electron chi connectivity index (χ0n) is 12.0. The Bertz CT molecular complexity index is 533. The molecule has 0 bridgehead atoms. The van der Waals surface area contributed by atoms with E-state index in [-0.39, 0.29) is 5.92 Å². The minimum absolute atomic E-state index is 0.276. The van der Waals surface area contributed by atoms with E-state index in [0.717, 1.165) is 23.3 Å². The van der Waals surface area contributed by atoms with Gasteiger partial charge in [-0.05, 0) is 30.2 Å². The first kappa shape index (κ1) is 15.2. The highest BCUT2D eigenvalue weighted by atomic mass is 79.9. The maximum atomic E-state index is 5.94. The van der Waals surface area contributed by atoms with Crippen LogP contribution in [0.15, 0.2) is 35.1 Å². The number of hydrogen-bond acceptors (Lipinski definition) is 3. The van der Waals surface area contributed by atoms with Crippen LogP contribution in [0.4, 0.5) is 0 Å². The maximum absolute atomic E-state index is 5.94. The lowest BCUT2D eigenvalue weighted by atomic mass is 9.95. The zero-order valence-corrected chi connectivity index (χ0v) is 13.5. The van der Waals surface area contributed by atoms with Gasteiger partial charge < -0.3 is 5.73 Å². The van der Waals surface area contributed by atoms with Gasteiger partial charge in [0.2, 0.25) is 0 Å². The lowest BCUT2D eigenvalue weighted by Crippen LogP contribution is -2.19. The van der Waals surface area contributed by atoms with Crippen molar-refractivity contribution < 1.29 is 0 Å². The standard InChI is InChI=1S/C15H21BrN4/c1-11(2)9-20-15(18-10-19-20)7-13(8-17)12-3-5-14(16)6-4-12/h3-6,10-11,13H,7-9,17H2,1-2H3. The topological polar surface area (TPSA) is 56.7 Å². The molecule has 1 aromatic heterocycles. The van der Waals surface area contributed by atoms with Gasteiger partial charge in [0.05, 0.1) is 0 Å². The molecule has 1 heterocycles. The normalized spacial score (nSPS) is 12.8. The third-order valence-corrected chi connectivity index (χ3v) is 3.82. The smallest absolute Gasteiger partial charge is 0.138 e. The molecule has 0 aliphatic heterocycles. The van der Waals surface area contributed by atoms with Crippen LogP contribution in [-0.4, -0.2) is 21.3 Å². The van der Waals surface area contributed by atoms with Gasteiger partial charge in [-0.15, -0.1) is 0 Å². The van der Waals surface area contributed by atoms with Crippen LogP contribution < -0.4 is 5.73 Å². The van der Waals surface area contributed by atoms with Gasteiger partial charge in [-0.25, -0.2) is 9.67 Å². The molecule has 1 atom stereocenters. The Morgan fingerprint density at radius 2 is 1.95 bits per heavy atom. The predicted molar refractivity (Wildman–Crippen MR) is 84.5 cm³/mol. The van der Waals surface area contributed by atoms with E-state index in [2.05, 4.69) is 64.1 Å². The summed E-state index contributed by atoms with van der Waals surface area (Å²) in [5, 5.41) is 4.31. The molecule has 0 aliphatic rings. The lowest BCUT2D eigenvalue weighted by Gasteiger charge is -2.16. The minimum Gasteiger partial charge on any atom is -0.330 e. The molecule has 0 fully saturated rings. The number of hydrogen-bond donors (Lipinski definition) is 1. The average Bonchev–Trinajstić information content (AvgIpc) is 2.83. The molecule has 20 heavy (non-hydrogen) atoms. The molecule has 0 aliphatic carbocycles. The Morgan fingerprint density at radius 1 is 1.25 bits per heavy atom. The summed E-state index contributed by atoms with van der Waals surface area (Å²) in [6.07, 6.45) is 2.46. The molecule has 1 aromatic carbocycles. The van der Waals surface area contributed by atoms with E-state index in [1.807, 2.05) is 4.68 Å². The van der Waals surface area contributed by atoms with Crippen molar-refractivity contribution >= 4 is 15.9 Å². The first-order chi connectivity index (χ1) is 9.60. The van der Waals surface area contributed by atoms with Crippen LogP contribution in [0.2, 0.25) is 0 Å². The third-order valence-electron chi connectivity index (χ3n) is 3.29. The van der Waals surface area contributed by atoms with Gasteiger partial charge in [-0.3, -0.25) is 0 Å². The highest BCUT2D eigenvalue weighted by Gasteiger charge is 2.15. The molecule has 0 saturated carbocycles. The summed E-state index contributed by atoms with van der Waals surface area (Å²) in [5.41, 5.74) is 7.19. The molecule has 0 radical (unpaired) electrons. The van der Waals surface area contributed by atoms with E-state index < -0.39 is 0 Å². The molecular formula is C15H21BrN4. The van der Waals surface area contributed by atoms with Crippen molar-refractivity contribution in [3.05, 3.63) is 46.5 Å². The number of nitrogens with two attached hydrogens (primary N) is 1. The molecule has 1 unspecified atom stereocenters. The van der Waals surface area contributed by atoms with E-state index >= 15 is 0 Å². The Kier molecular flexibility index (Phi) is 5.31.